The van der Waals surface area contributed by atoms with Crippen molar-refractivity contribution in [1.29, 1.82) is 0 Å². The number of hydrogen-bond acceptors (Lipinski definition) is 2. The first kappa shape index (κ1) is 16.3. The number of fused-ring (bicyclic) bond motifs is 1. The Bertz CT molecular complexity index is 1020. The van der Waals surface area contributed by atoms with Crippen LogP contribution in [-0.4, -0.2) is 11.8 Å². The third-order valence-corrected chi connectivity index (χ3v) is 5.21. The van der Waals surface area contributed by atoms with E-state index in [1.54, 1.807) is 25.1 Å². The van der Waals surface area contributed by atoms with Crippen molar-refractivity contribution in [1.82, 2.24) is 0 Å². The summed E-state index contributed by atoms with van der Waals surface area (Å²) in [5.74, 6) is -0.301. The van der Waals surface area contributed by atoms with Crippen LogP contribution < -0.4 is 11.1 Å². The van der Waals surface area contributed by atoms with E-state index in [1.165, 1.54) is 16.3 Å². The molecule has 0 spiro atoms. The number of anilines is 1. The van der Waals surface area contributed by atoms with Gasteiger partial charge in [-0.05, 0) is 53.3 Å². The summed E-state index contributed by atoms with van der Waals surface area (Å²) in [6, 6.07) is 19.7. The average Bonchev–Trinajstić information content (AvgIpc) is 3.43. The molecule has 26 heavy (non-hydrogen) atoms. The SMILES string of the molecule is Cc1c(NC(=O)[C@H]2C[C@@H]2c2cccc3ccccc23)cccc1C(N)=O. The van der Waals surface area contributed by atoms with E-state index in [0.717, 1.165) is 6.42 Å². The summed E-state index contributed by atoms with van der Waals surface area (Å²) in [7, 11) is 0. The highest BCUT2D eigenvalue weighted by Crippen LogP contribution is 2.50. The van der Waals surface area contributed by atoms with Gasteiger partial charge in [-0.2, -0.15) is 0 Å². The quantitative estimate of drug-likeness (QED) is 0.751. The highest BCUT2D eigenvalue weighted by atomic mass is 16.2. The number of primary amides is 1. The van der Waals surface area contributed by atoms with Gasteiger partial charge in [0.15, 0.2) is 0 Å². The second kappa shape index (κ2) is 6.30. The monoisotopic (exact) mass is 344 g/mol. The molecule has 4 heteroatoms. The molecule has 0 bridgehead atoms. The minimum absolute atomic E-state index is 0.00680. The lowest BCUT2D eigenvalue weighted by atomic mass is 10.00. The van der Waals surface area contributed by atoms with E-state index in [4.69, 9.17) is 5.73 Å². The van der Waals surface area contributed by atoms with Crippen molar-refractivity contribution in [2.45, 2.75) is 19.3 Å². The van der Waals surface area contributed by atoms with Gasteiger partial charge in [0, 0.05) is 17.2 Å². The molecule has 3 aromatic carbocycles. The average molecular weight is 344 g/mol. The molecule has 130 valence electrons. The smallest absolute Gasteiger partial charge is 0.249 e. The van der Waals surface area contributed by atoms with Crippen LogP contribution in [-0.2, 0) is 4.79 Å². The molecule has 2 atom stereocenters. The molecular weight excluding hydrogens is 324 g/mol. The molecule has 1 aliphatic carbocycles. The number of carbonyl (C=O) groups is 2. The molecule has 2 amide bonds. The fraction of sp³-hybridized carbons (Fsp3) is 0.182. The minimum Gasteiger partial charge on any atom is -0.366 e. The normalized spacial score (nSPS) is 18.5. The van der Waals surface area contributed by atoms with Crippen LogP contribution in [0.15, 0.2) is 60.7 Å². The maximum Gasteiger partial charge on any atom is 0.249 e. The molecule has 0 unspecified atom stereocenters. The number of amides is 2. The summed E-state index contributed by atoms with van der Waals surface area (Å²) in [6.07, 6.45) is 0.842. The zero-order valence-electron chi connectivity index (χ0n) is 14.5. The van der Waals surface area contributed by atoms with Crippen molar-refractivity contribution in [2.24, 2.45) is 11.7 Å². The summed E-state index contributed by atoms with van der Waals surface area (Å²) in [5.41, 5.74) is 8.40. The van der Waals surface area contributed by atoms with Gasteiger partial charge in [-0.1, -0.05) is 48.5 Å². The Morgan fingerprint density at radius 3 is 2.54 bits per heavy atom. The van der Waals surface area contributed by atoms with E-state index in [0.29, 0.717) is 16.8 Å². The lowest BCUT2D eigenvalue weighted by Crippen LogP contribution is -2.18. The number of nitrogens with one attached hydrogen (secondary N) is 1. The van der Waals surface area contributed by atoms with Gasteiger partial charge in [-0.25, -0.2) is 0 Å². The van der Waals surface area contributed by atoms with Crippen molar-refractivity contribution >= 4 is 28.3 Å². The minimum atomic E-state index is -0.487. The van der Waals surface area contributed by atoms with Gasteiger partial charge in [-0.3, -0.25) is 9.59 Å². The zero-order valence-corrected chi connectivity index (χ0v) is 14.5. The molecule has 0 saturated heterocycles. The van der Waals surface area contributed by atoms with Crippen LogP contribution >= 0.6 is 0 Å². The van der Waals surface area contributed by atoms with Crippen molar-refractivity contribution in [3.8, 4) is 0 Å². The highest BCUT2D eigenvalue weighted by Gasteiger charge is 2.44. The molecule has 0 aromatic heterocycles. The van der Waals surface area contributed by atoms with Gasteiger partial charge in [0.2, 0.25) is 11.8 Å². The van der Waals surface area contributed by atoms with E-state index in [1.807, 2.05) is 18.2 Å². The van der Waals surface area contributed by atoms with Crippen molar-refractivity contribution in [2.75, 3.05) is 5.32 Å². The van der Waals surface area contributed by atoms with Gasteiger partial charge in [0.05, 0.1) is 0 Å². The molecule has 3 aromatic rings. The first-order valence-electron chi connectivity index (χ1n) is 8.74. The van der Waals surface area contributed by atoms with Crippen LogP contribution in [0.25, 0.3) is 10.8 Å². The number of hydrogen-bond donors (Lipinski definition) is 2. The summed E-state index contributed by atoms with van der Waals surface area (Å²) in [6.45, 7) is 1.80. The van der Waals surface area contributed by atoms with E-state index in [-0.39, 0.29) is 17.7 Å². The predicted molar refractivity (Wildman–Crippen MR) is 103 cm³/mol. The lowest BCUT2D eigenvalue weighted by Gasteiger charge is -2.11. The van der Waals surface area contributed by atoms with E-state index >= 15 is 0 Å². The Morgan fingerprint density at radius 2 is 1.73 bits per heavy atom. The highest BCUT2D eigenvalue weighted by molar-refractivity contribution is 6.00. The summed E-state index contributed by atoms with van der Waals surface area (Å²) >= 11 is 0. The van der Waals surface area contributed by atoms with Gasteiger partial charge in [0.1, 0.15) is 0 Å². The number of rotatable bonds is 4. The van der Waals surface area contributed by atoms with E-state index in [9.17, 15) is 9.59 Å². The van der Waals surface area contributed by atoms with Crippen LogP contribution in [0.5, 0.6) is 0 Å². The molecular formula is C22H20N2O2. The number of benzene rings is 3. The Labute approximate surface area is 152 Å². The summed E-state index contributed by atoms with van der Waals surface area (Å²) < 4.78 is 0. The van der Waals surface area contributed by atoms with E-state index < -0.39 is 5.91 Å². The molecule has 1 fully saturated rings. The van der Waals surface area contributed by atoms with Gasteiger partial charge in [-0.15, -0.1) is 0 Å². The summed E-state index contributed by atoms with van der Waals surface area (Å²) in [5, 5.41) is 5.37. The fourth-order valence-corrected chi connectivity index (χ4v) is 3.67. The molecule has 1 aliphatic rings. The van der Waals surface area contributed by atoms with Gasteiger partial charge in [0.25, 0.3) is 0 Å². The van der Waals surface area contributed by atoms with Crippen molar-refractivity contribution in [3.05, 3.63) is 77.4 Å². The second-order valence-electron chi connectivity index (χ2n) is 6.85. The topological polar surface area (TPSA) is 72.2 Å². The number of nitrogens with two attached hydrogens (primary N) is 1. The predicted octanol–water partition coefficient (Wildman–Crippen LogP) is 3.99. The maximum absolute atomic E-state index is 12.7. The molecule has 4 rings (SSSR count). The standard InChI is InChI=1S/C22H20N2O2/c1-13-15(21(23)25)9-5-11-20(13)24-22(26)19-12-18(19)17-10-4-7-14-6-2-3-8-16(14)17/h2-11,18-19H,12H2,1H3,(H2,23,25)(H,24,26)/t18-,19+/m1/s1. The van der Waals surface area contributed by atoms with Gasteiger partial charge >= 0.3 is 0 Å². The van der Waals surface area contributed by atoms with Crippen LogP contribution in [0, 0.1) is 12.8 Å². The Kier molecular flexibility index (Phi) is 3.96. The van der Waals surface area contributed by atoms with Crippen molar-refractivity contribution < 1.29 is 9.59 Å². The van der Waals surface area contributed by atoms with Crippen molar-refractivity contribution in [3.63, 3.8) is 0 Å². The molecule has 4 nitrogen and oxygen atoms in total. The van der Waals surface area contributed by atoms with Gasteiger partial charge < -0.3 is 11.1 Å². The third kappa shape index (κ3) is 2.84. The van der Waals surface area contributed by atoms with Crippen LogP contribution in [0.2, 0.25) is 0 Å². The third-order valence-electron chi connectivity index (χ3n) is 5.21. The Hall–Kier alpha value is -3.14. The molecule has 1 saturated carbocycles. The Morgan fingerprint density at radius 1 is 1.00 bits per heavy atom. The zero-order chi connectivity index (χ0) is 18.3. The molecule has 0 aliphatic heterocycles. The first-order valence-corrected chi connectivity index (χ1v) is 8.74. The lowest BCUT2D eigenvalue weighted by molar-refractivity contribution is -0.117. The fourth-order valence-electron chi connectivity index (χ4n) is 3.67. The molecule has 0 radical (unpaired) electrons. The first-order chi connectivity index (χ1) is 12.6. The molecule has 0 heterocycles. The molecule has 3 N–H and O–H groups in total. The van der Waals surface area contributed by atoms with E-state index in [2.05, 4.69) is 29.6 Å². The van der Waals surface area contributed by atoms with Crippen LogP contribution in [0.4, 0.5) is 5.69 Å². The summed E-state index contributed by atoms with van der Waals surface area (Å²) in [4.78, 5) is 24.2. The maximum atomic E-state index is 12.7. The Balaban J connectivity index is 1.55. The second-order valence-corrected chi connectivity index (χ2v) is 6.85. The van der Waals surface area contributed by atoms with Crippen LogP contribution in [0.3, 0.4) is 0 Å². The largest absolute Gasteiger partial charge is 0.366 e. The van der Waals surface area contributed by atoms with Crippen LogP contribution in [0.1, 0.15) is 33.8 Å². The number of carbonyl (C=O) groups excluding carboxylic acids is 2.